The van der Waals surface area contributed by atoms with E-state index in [1.807, 2.05) is 24.3 Å². The predicted octanol–water partition coefficient (Wildman–Crippen LogP) is 4.98. The first-order chi connectivity index (χ1) is 9.96. The fourth-order valence-electron chi connectivity index (χ4n) is 2.81. The second-order valence-electron chi connectivity index (χ2n) is 5.44. The Morgan fingerprint density at radius 3 is 2.43 bits per heavy atom. The van der Waals surface area contributed by atoms with Crippen LogP contribution >= 0.6 is 15.9 Å². The van der Waals surface area contributed by atoms with Crippen LogP contribution in [-0.2, 0) is 0 Å². The number of aromatic nitrogens is 1. The van der Waals surface area contributed by atoms with Gasteiger partial charge in [0.2, 0.25) is 11.8 Å². The molecule has 1 aliphatic rings. The third-order valence-corrected chi connectivity index (χ3v) is 4.51. The van der Waals surface area contributed by atoms with Crippen LogP contribution in [0.3, 0.4) is 0 Å². The summed E-state index contributed by atoms with van der Waals surface area (Å²) in [4.78, 5) is 0. The number of hydrogen-bond donors (Lipinski definition) is 1. The first kappa shape index (κ1) is 14.5. The Labute approximate surface area is 129 Å². The minimum absolute atomic E-state index is 0.0238. The molecule has 1 fully saturated rings. The van der Waals surface area contributed by atoms with Crippen LogP contribution in [0.1, 0.15) is 37.3 Å². The van der Waals surface area contributed by atoms with E-state index in [4.69, 9.17) is 10.3 Å². The first-order valence-corrected chi connectivity index (χ1v) is 7.64. The smallest absolute Gasteiger partial charge is 0.248 e. The maximum atomic E-state index is 13.3. The number of nitrogens with zero attached hydrogens (tertiary/aromatic N) is 1. The van der Waals surface area contributed by atoms with E-state index in [0.717, 1.165) is 15.6 Å². The van der Waals surface area contributed by atoms with Gasteiger partial charge in [-0.25, -0.2) is 8.78 Å². The molecule has 0 spiro atoms. The van der Waals surface area contributed by atoms with Crippen LogP contribution in [0.5, 0.6) is 0 Å². The number of hydrogen-bond acceptors (Lipinski definition) is 3. The fourth-order valence-corrected chi connectivity index (χ4v) is 3.08. The third kappa shape index (κ3) is 2.95. The van der Waals surface area contributed by atoms with Crippen LogP contribution in [0.2, 0.25) is 0 Å². The van der Waals surface area contributed by atoms with Crippen molar-refractivity contribution in [1.29, 1.82) is 0 Å². The monoisotopic (exact) mass is 356 g/mol. The summed E-state index contributed by atoms with van der Waals surface area (Å²) in [6, 6.07) is 7.63. The van der Waals surface area contributed by atoms with Gasteiger partial charge in [0.1, 0.15) is 0 Å². The Morgan fingerprint density at radius 1 is 1.19 bits per heavy atom. The molecule has 0 amide bonds. The molecule has 0 saturated heterocycles. The molecule has 6 heteroatoms. The van der Waals surface area contributed by atoms with Crippen LogP contribution < -0.4 is 5.73 Å². The SMILES string of the molecule is Nc1onc(C2CCC(F)(F)CC2)c1-c1ccc(Br)cc1. The van der Waals surface area contributed by atoms with E-state index in [1.165, 1.54) is 0 Å². The summed E-state index contributed by atoms with van der Waals surface area (Å²) in [5.41, 5.74) is 8.21. The number of benzene rings is 1. The molecule has 0 bridgehead atoms. The molecule has 2 N–H and O–H groups in total. The highest BCUT2D eigenvalue weighted by Crippen LogP contribution is 2.44. The highest BCUT2D eigenvalue weighted by molar-refractivity contribution is 9.10. The Morgan fingerprint density at radius 2 is 1.81 bits per heavy atom. The lowest BCUT2D eigenvalue weighted by Gasteiger charge is -2.27. The number of halogens is 3. The number of rotatable bonds is 2. The Hall–Kier alpha value is -1.43. The van der Waals surface area contributed by atoms with Crippen molar-refractivity contribution in [2.24, 2.45) is 0 Å². The second kappa shape index (κ2) is 5.40. The fraction of sp³-hybridized carbons (Fsp3) is 0.400. The summed E-state index contributed by atoms with van der Waals surface area (Å²) < 4.78 is 32.7. The quantitative estimate of drug-likeness (QED) is 0.825. The molecule has 2 aromatic rings. The van der Waals surface area contributed by atoms with Crippen LogP contribution in [-0.4, -0.2) is 11.1 Å². The molecule has 1 heterocycles. The molecule has 1 aromatic heterocycles. The van der Waals surface area contributed by atoms with Crippen molar-refractivity contribution in [1.82, 2.24) is 5.16 Å². The molecule has 21 heavy (non-hydrogen) atoms. The van der Waals surface area contributed by atoms with Gasteiger partial charge in [0.05, 0.1) is 11.3 Å². The summed E-state index contributed by atoms with van der Waals surface area (Å²) in [6.07, 6.45) is 0.597. The highest BCUT2D eigenvalue weighted by atomic mass is 79.9. The van der Waals surface area contributed by atoms with E-state index in [1.54, 1.807) is 0 Å². The highest BCUT2D eigenvalue weighted by Gasteiger charge is 2.37. The second-order valence-corrected chi connectivity index (χ2v) is 6.36. The van der Waals surface area contributed by atoms with Gasteiger partial charge in [-0.15, -0.1) is 0 Å². The summed E-state index contributed by atoms with van der Waals surface area (Å²) in [5, 5.41) is 4.03. The minimum Gasteiger partial charge on any atom is -0.367 e. The molecule has 0 atom stereocenters. The average molecular weight is 357 g/mol. The van der Waals surface area contributed by atoms with E-state index in [2.05, 4.69) is 21.1 Å². The molecule has 3 nitrogen and oxygen atoms in total. The standard InChI is InChI=1S/C15H15BrF2N2O/c16-11-3-1-9(2-4-11)12-13(20-21-14(12)19)10-5-7-15(17,18)8-6-10/h1-4,10H,5-8,19H2. The van der Waals surface area contributed by atoms with Crippen molar-refractivity contribution in [3.05, 3.63) is 34.4 Å². The van der Waals surface area contributed by atoms with Crippen molar-refractivity contribution in [2.45, 2.75) is 37.5 Å². The van der Waals surface area contributed by atoms with Crippen molar-refractivity contribution >= 4 is 21.8 Å². The van der Waals surface area contributed by atoms with Crippen LogP contribution in [0.25, 0.3) is 11.1 Å². The normalized spacial score (nSPS) is 18.8. The molecule has 1 aliphatic carbocycles. The van der Waals surface area contributed by atoms with Gasteiger partial charge in [0.15, 0.2) is 0 Å². The summed E-state index contributed by atoms with van der Waals surface area (Å²) in [6.45, 7) is 0. The van der Waals surface area contributed by atoms with E-state index >= 15 is 0 Å². The summed E-state index contributed by atoms with van der Waals surface area (Å²) in [5.74, 6) is -2.34. The van der Waals surface area contributed by atoms with Gasteiger partial charge in [-0.3, -0.25) is 0 Å². The maximum Gasteiger partial charge on any atom is 0.248 e. The zero-order valence-electron chi connectivity index (χ0n) is 11.3. The molecule has 112 valence electrons. The lowest BCUT2D eigenvalue weighted by Crippen LogP contribution is -2.24. The van der Waals surface area contributed by atoms with E-state index < -0.39 is 5.92 Å². The topological polar surface area (TPSA) is 52.0 Å². The molecule has 0 aliphatic heterocycles. The Bertz CT molecular complexity index is 630. The Balaban J connectivity index is 1.92. The molecule has 3 rings (SSSR count). The van der Waals surface area contributed by atoms with Gasteiger partial charge in [0.25, 0.3) is 0 Å². The molecule has 0 radical (unpaired) electrons. The first-order valence-electron chi connectivity index (χ1n) is 6.85. The summed E-state index contributed by atoms with van der Waals surface area (Å²) >= 11 is 3.38. The zero-order chi connectivity index (χ0) is 15.0. The predicted molar refractivity (Wildman–Crippen MR) is 80.2 cm³/mol. The number of nitrogen functional groups attached to an aromatic ring is 1. The van der Waals surface area contributed by atoms with Gasteiger partial charge in [-0.2, -0.15) is 0 Å². The van der Waals surface area contributed by atoms with Crippen molar-refractivity contribution in [3.63, 3.8) is 0 Å². The molecule has 1 aromatic carbocycles. The summed E-state index contributed by atoms with van der Waals surface area (Å²) in [7, 11) is 0. The number of anilines is 1. The third-order valence-electron chi connectivity index (χ3n) is 3.98. The van der Waals surface area contributed by atoms with E-state index in [-0.39, 0.29) is 24.6 Å². The van der Waals surface area contributed by atoms with Crippen LogP contribution in [0.15, 0.2) is 33.3 Å². The van der Waals surface area contributed by atoms with Gasteiger partial charge >= 0.3 is 0 Å². The van der Waals surface area contributed by atoms with Crippen LogP contribution in [0, 0.1) is 0 Å². The van der Waals surface area contributed by atoms with Gasteiger partial charge in [0, 0.05) is 23.2 Å². The van der Waals surface area contributed by atoms with Gasteiger partial charge < -0.3 is 10.3 Å². The van der Waals surface area contributed by atoms with Crippen molar-refractivity contribution in [3.8, 4) is 11.1 Å². The molecule has 1 saturated carbocycles. The molecular formula is C15H15BrF2N2O. The minimum atomic E-state index is -2.55. The van der Waals surface area contributed by atoms with Gasteiger partial charge in [-0.05, 0) is 30.5 Å². The lowest BCUT2D eigenvalue weighted by molar-refractivity contribution is -0.0386. The van der Waals surface area contributed by atoms with E-state index in [9.17, 15) is 8.78 Å². The maximum absolute atomic E-state index is 13.3. The lowest BCUT2D eigenvalue weighted by atomic mass is 9.82. The van der Waals surface area contributed by atoms with Crippen LogP contribution in [0.4, 0.5) is 14.7 Å². The number of nitrogens with two attached hydrogens (primary N) is 1. The van der Waals surface area contributed by atoms with Crippen molar-refractivity contribution in [2.75, 3.05) is 5.73 Å². The molecular weight excluding hydrogens is 342 g/mol. The largest absolute Gasteiger partial charge is 0.367 e. The molecule has 0 unspecified atom stereocenters. The van der Waals surface area contributed by atoms with Gasteiger partial charge in [-0.1, -0.05) is 33.2 Å². The van der Waals surface area contributed by atoms with Crippen molar-refractivity contribution < 1.29 is 13.3 Å². The van der Waals surface area contributed by atoms with E-state index in [0.29, 0.717) is 18.5 Å². The zero-order valence-corrected chi connectivity index (χ0v) is 12.9. The average Bonchev–Trinajstić information content (AvgIpc) is 2.82. The number of alkyl halides is 2. The Kier molecular flexibility index (Phi) is 3.73.